The van der Waals surface area contributed by atoms with Crippen LogP contribution in [-0.4, -0.2) is 11.5 Å². The van der Waals surface area contributed by atoms with Crippen molar-refractivity contribution in [2.75, 3.05) is 0 Å². The van der Waals surface area contributed by atoms with E-state index in [1.165, 1.54) is 12.1 Å². The van der Waals surface area contributed by atoms with Crippen LogP contribution in [0, 0.1) is 5.82 Å². The average Bonchev–Trinajstić information content (AvgIpc) is 2.47. The summed E-state index contributed by atoms with van der Waals surface area (Å²) in [4.78, 5) is 11.9. The molecule has 0 atom stereocenters. The standard InChI is InChI=1S/C19H22FNO2/c1-19(2,3)23-17-10-6-15(7-11-17)13-21-18(22)12-14-4-8-16(20)9-5-14/h4-11H,12-13H2,1-3H3,(H,21,22). The maximum atomic E-state index is 12.8. The third kappa shape index (κ3) is 6.10. The lowest BCUT2D eigenvalue weighted by atomic mass is 10.1. The summed E-state index contributed by atoms with van der Waals surface area (Å²) in [5, 5.41) is 2.86. The van der Waals surface area contributed by atoms with Crippen LogP contribution in [0.1, 0.15) is 31.9 Å². The SMILES string of the molecule is CC(C)(C)Oc1ccc(CNC(=O)Cc2ccc(F)cc2)cc1. The Morgan fingerprint density at radius 3 is 2.13 bits per heavy atom. The molecule has 0 fully saturated rings. The molecule has 2 aromatic carbocycles. The summed E-state index contributed by atoms with van der Waals surface area (Å²) in [6.45, 7) is 6.44. The average molecular weight is 315 g/mol. The number of ether oxygens (including phenoxy) is 1. The molecule has 122 valence electrons. The molecule has 0 aliphatic rings. The van der Waals surface area contributed by atoms with E-state index < -0.39 is 0 Å². The molecule has 0 heterocycles. The van der Waals surface area contributed by atoms with E-state index >= 15 is 0 Å². The van der Waals surface area contributed by atoms with Crippen molar-refractivity contribution in [3.8, 4) is 5.75 Å². The zero-order chi connectivity index (χ0) is 16.9. The van der Waals surface area contributed by atoms with Crippen molar-refractivity contribution in [1.82, 2.24) is 5.32 Å². The molecule has 0 saturated heterocycles. The number of carbonyl (C=O) groups is 1. The van der Waals surface area contributed by atoms with Gasteiger partial charge in [-0.25, -0.2) is 4.39 Å². The van der Waals surface area contributed by atoms with Crippen LogP contribution in [0.2, 0.25) is 0 Å². The number of carbonyl (C=O) groups excluding carboxylic acids is 1. The molecule has 0 aliphatic carbocycles. The molecule has 3 nitrogen and oxygen atoms in total. The minimum Gasteiger partial charge on any atom is -0.488 e. The van der Waals surface area contributed by atoms with Crippen LogP contribution in [0.4, 0.5) is 4.39 Å². The summed E-state index contributed by atoms with van der Waals surface area (Å²) in [7, 11) is 0. The molecule has 23 heavy (non-hydrogen) atoms. The topological polar surface area (TPSA) is 38.3 Å². The van der Waals surface area contributed by atoms with E-state index in [1.54, 1.807) is 12.1 Å². The van der Waals surface area contributed by atoms with Gasteiger partial charge in [-0.2, -0.15) is 0 Å². The van der Waals surface area contributed by atoms with Crippen molar-refractivity contribution < 1.29 is 13.9 Å². The van der Waals surface area contributed by atoms with Gasteiger partial charge >= 0.3 is 0 Å². The van der Waals surface area contributed by atoms with Gasteiger partial charge in [0.25, 0.3) is 0 Å². The van der Waals surface area contributed by atoms with Gasteiger partial charge in [0.15, 0.2) is 0 Å². The van der Waals surface area contributed by atoms with Crippen molar-refractivity contribution >= 4 is 5.91 Å². The first-order valence-electron chi connectivity index (χ1n) is 7.61. The van der Waals surface area contributed by atoms with Crippen LogP contribution in [0.5, 0.6) is 5.75 Å². The lowest BCUT2D eigenvalue weighted by molar-refractivity contribution is -0.120. The van der Waals surface area contributed by atoms with Crippen LogP contribution in [0.15, 0.2) is 48.5 Å². The van der Waals surface area contributed by atoms with Crippen LogP contribution < -0.4 is 10.1 Å². The summed E-state index contributed by atoms with van der Waals surface area (Å²) < 4.78 is 18.6. The predicted molar refractivity (Wildman–Crippen MR) is 88.8 cm³/mol. The molecule has 1 N–H and O–H groups in total. The Balaban J connectivity index is 1.83. The highest BCUT2D eigenvalue weighted by molar-refractivity contribution is 5.78. The summed E-state index contributed by atoms with van der Waals surface area (Å²) in [6.07, 6.45) is 0.242. The first-order chi connectivity index (χ1) is 10.8. The number of amides is 1. The second-order valence-electron chi connectivity index (χ2n) is 6.44. The fourth-order valence-electron chi connectivity index (χ4n) is 2.08. The minimum absolute atomic E-state index is 0.0911. The normalized spacial score (nSPS) is 11.1. The van der Waals surface area contributed by atoms with Crippen LogP contribution in [0.3, 0.4) is 0 Å². The second-order valence-corrected chi connectivity index (χ2v) is 6.44. The summed E-state index contributed by atoms with van der Waals surface area (Å²) in [5.41, 5.74) is 1.56. The number of benzene rings is 2. The molecular formula is C19H22FNO2. The Labute approximate surface area is 136 Å². The van der Waals surface area contributed by atoms with Gasteiger partial charge in [-0.05, 0) is 56.2 Å². The zero-order valence-corrected chi connectivity index (χ0v) is 13.7. The van der Waals surface area contributed by atoms with E-state index in [1.807, 2.05) is 45.0 Å². The van der Waals surface area contributed by atoms with Crippen molar-refractivity contribution in [3.63, 3.8) is 0 Å². The Bertz CT molecular complexity index is 643. The molecule has 0 bridgehead atoms. The highest BCUT2D eigenvalue weighted by Crippen LogP contribution is 2.18. The number of halogens is 1. The highest BCUT2D eigenvalue weighted by Gasteiger charge is 2.11. The molecule has 0 aromatic heterocycles. The van der Waals surface area contributed by atoms with Crippen molar-refractivity contribution in [3.05, 3.63) is 65.5 Å². The predicted octanol–water partition coefficient (Wildman–Crippen LogP) is 3.86. The summed E-state index contributed by atoms with van der Waals surface area (Å²) in [5.74, 6) is 0.414. The van der Waals surface area contributed by atoms with E-state index in [0.29, 0.717) is 6.54 Å². The third-order valence-electron chi connectivity index (χ3n) is 3.12. The van der Waals surface area contributed by atoms with E-state index in [9.17, 15) is 9.18 Å². The Hall–Kier alpha value is -2.36. The van der Waals surface area contributed by atoms with Gasteiger partial charge < -0.3 is 10.1 Å². The van der Waals surface area contributed by atoms with Gasteiger partial charge in [0.1, 0.15) is 17.2 Å². The zero-order valence-electron chi connectivity index (χ0n) is 13.7. The van der Waals surface area contributed by atoms with Gasteiger partial charge in [0.2, 0.25) is 5.91 Å². The van der Waals surface area contributed by atoms with Crippen LogP contribution in [0.25, 0.3) is 0 Å². The van der Waals surface area contributed by atoms with Crippen LogP contribution in [-0.2, 0) is 17.8 Å². The number of rotatable bonds is 5. The molecular weight excluding hydrogens is 293 g/mol. The maximum absolute atomic E-state index is 12.8. The number of hydrogen-bond donors (Lipinski definition) is 1. The quantitative estimate of drug-likeness (QED) is 0.910. The van der Waals surface area contributed by atoms with Crippen LogP contribution >= 0.6 is 0 Å². The lowest BCUT2D eigenvalue weighted by Crippen LogP contribution is -2.24. The molecule has 4 heteroatoms. The molecule has 0 spiro atoms. The molecule has 2 aromatic rings. The Morgan fingerprint density at radius 2 is 1.57 bits per heavy atom. The molecule has 0 radical (unpaired) electrons. The van der Waals surface area contributed by atoms with Crippen molar-refractivity contribution in [2.24, 2.45) is 0 Å². The van der Waals surface area contributed by atoms with E-state index in [0.717, 1.165) is 16.9 Å². The second kappa shape index (κ2) is 7.27. The van der Waals surface area contributed by atoms with E-state index in [4.69, 9.17) is 4.74 Å². The first kappa shape index (κ1) is 17.0. The van der Waals surface area contributed by atoms with Crippen molar-refractivity contribution in [2.45, 2.75) is 39.3 Å². The largest absolute Gasteiger partial charge is 0.488 e. The summed E-state index contributed by atoms with van der Waals surface area (Å²) >= 11 is 0. The third-order valence-corrected chi connectivity index (χ3v) is 3.12. The Kier molecular flexibility index (Phi) is 5.37. The molecule has 1 amide bonds. The van der Waals surface area contributed by atoms with Gasteiger partial charge in [-0.15, -0.1) is 0 Å². The lowest BCUT2D eigenvalue weighted by Gasteiger charge is -2.21. The smallest absolute Gasteiger partial charge is 0.224 e. The fourth-order valence-corrected chi connectivity index (χ4v) is 2.08. The number of hydrogen-bond acceptors (Lipinski definition) is 2. The molecule has 0 saturated carbocycles. The molecule has 0 aliphatic heterocycles. The Morgan fingerprint density at radius 1 is 1.00 bits per heavy atom. The highest BCUT2D eigenvalue weighted by atomic mass is 19.1. The maximum Gasteiger partial charge on any atom is 0.224 e. The first-order valence-corrected chi connectivity index (χ1v) is 7.61. The minimum atomic E-state index is -0.299. The van der Waals surface area contributed by atoms with Gasteiger partial charge in [-0.3, -0.25) is 4.79 Å². The van der Waals surface area contributed by atoms with Gasteiger partial charge in [-0.1, -0.05) is 24.3 Å². The van der Waals surface area contributed by atoms with Crippen molar-refractivity contribution in [1.29, 1.82) is 0 Å². The monoisotopic (exact) mass is 315 g/mol. The van der Waals surface area contributed by atoms with E-state index in [2.05, 4.69) is 5.32 Å². The fraction of sp³-hybridized carbons (Fsp3) is 0.316. The summed E-state index contributed by atoms with van der Waals surface area (Å²) in [6, 6.07) is 13.6. The molecule has 2 rings (SSSR count). The van der Waals surface area contributed by atoms with Gasteiger partial charge in [0, 0.05) is 6.54 Å². The van der Waals surface area contributed by atoms with E-state index in [-0.39, 0.29) is 23.7 Å². The van der Waals surface area contributed by atoms with Gasteiger partial charge in [0.05, 0.1) is 6.42 Å². The number of nitrogens with one attached hydrogen (secondary N) is 1. The molecule has 0 unspecified atom stereocenters.